The number of benzene rings is 1. The Morgan fingerprint density at radius 2 is 1.89 bits per heavy atom. The van der Waals surface area contributed by atoms with E-state index in [1.54, 1.807) is 0 Å². The number of amides is 2. The van der Waals surface area contributed by atoms with Gasteiger partial charge in [0, 0.05) is 32.3 Å². The van der Waals surface area contributed by atoms with Gasteiger partial charge in [-0.2, -0.15) is 0 Å². The zero-order valence-corrected chi connectivity index (χ0v) is 16.2. The van der Waals surface area contributed by atoms with E-state index in [1.165, 1.54) is 31.2 Å². The van der Waals surface area contributed by atoms with Gasteiger partial charge in [0.05, 0.1) is 6.54 Å². The molecule has 4 rings (SSSR count). The molecule has 28 heavy (non-hydrogen) atoms. The van der Waals surface area contributed by atoms with Crippen LogP contribution in [0.25, 0.3) is 0 Å². The number of para-hydroxylation sites is 1. The van der Waals surface area contributed by atoms with E-state index < -0.39 is 0 Å². The molecule has 1 aromatic heterocycles. The summed E-state index contributed by atoms with van der Waals surface area (Å²) < 4.78 is 5.84. The molecular weight excluding hydrogens is 352 g/mol. The maximum atomic E-state index is 12.1. The summed E-state index contributed by atoms with van der Waals surface area (Å²) in [5.41, 5.74) is 2.20. The van der Waals surface area contributed by atoms with Crippen LogP contribution in [0.1, 0.15) is 36.8 Å². The molecule has 2 aromatic rings. The number of aromatic nitrogens is 1. The highest BCUT2D eigenvalue weighted by Crippen LogP contribution is 2.27. The first-order valence-corrected chi connectivity index (χ1v) is 10.2. The number of ether oxygens (including phenoxy) is 1. The van der Waals surface area contributed by atoms with Crippen molar-refractivity contribution in [2.45, 2.75) is 44.8 Å². The third kappa shape index (κ3) is 4.74. The van der Waals surface area contributed by atoms with Gasteiger partial charge in [-0.05, 0) is 36.1 Å². The van der Waals surface area contributed by atoms with Crippen molar-refractivity contribution in [1.82, 2.24) is 15.6 Å². The minimum atomic E-state index is -0.184. The van der Waals surface area contributed by atoms with Gasteiger partial charge >= 0.3 is 6.03 Å². The van der Waals surface area contributed by atoms with E-state index in [1.807, 2.05) is 30.5 Å². The number of fused-ring (bicyclic) bond motifs is 1. The van der Waals surface area contributed by atoms with Crippen molar-refractivity contribution in [1.29, 1.82) is 0 Å². The van der Waals surface area contributed by atoms with Crippen LogP contribution in [0.15, 0.2) is 42.6 Å². The predicted octanol–water partition coefficient (Wildman–Crippen LogP) is 3.26. The topological polar surface area (TPSA) is 66.5 Å². The average molecular weight is 380 g/mol. The summed E-state index contributed by atoms with van der Waals surface area (Å²) in [6.45, 7) is 3.12. The molecule has 6 heteroatoms. The minimum Gasteiger partial charge on any atom is -0.488 e. The lowest BCUT2D eigenvalue weighted by molar-refractivity contribution is 0.214. The zero-order chi connectivity index (χ0) is 19.2. The van der Waals surface area contributed by atoms with E-state index in [-0.39, 0.29) is 12.1 Å². The molecule has 148 valence electrons. The van der Waals surface area contributed by atoms with Gasteiger partial charge in [0.25, 0.3) is 0 Å². The molecule has 1 aromatic carbocycles. The van der Waals surface area contributed by atoms with Crippen LogP contribution in [0.2, 0.25) is 0 Å². The van der Waals surface area contributed by atoms with Crippen LogP contribution in [-0.4, -0.2) is 36.8 Å². The van der Waals surface area contributed by atoms with Gasteiger partial charge in [-0.25, -0.2) is 9.78 Å². The molecule has 6 nitrogen and oxygen atoms in total. The van der Waals surface area contributed by atoms with Crippen molar-refractivity contribution in [3.05, 3.63) is 53.7 Å². The monoisotopic (exact) mass is 380 g/mol. The van der Waals surface area contributed by atoms with Crippen molar-refractivity contribution < 1.29 is 9.53 Å². The van der Waals surface area contributed by atoms with E-state index in [2.05, 4.69) is 32.7 Å². The Hall–Kier alpha value is -2.76. The van der Waals surface area contributed by atoms with Gasteiger partial charge in [-0.15, -0.1) is 0 Å². The van der Waals surface area contributed by atoms with E-state index in [4.69, 9.17) is 4.74 Å². The molecule has 1 atom stereocenters. The molecule has 3 heterocycles. The zero-order valence-electron chi connectivity index (χ0n) is 16.2. The summed E-state index contributed by atoms with van der Waals surface area (Å²) in [6, 6.07) is 11.9. The second-order valence-electron chi connectivity index (χ2n) is 7.54. The number of urea groups is 1. The van der Waals surface area contributed by atoms with Crippen LogP contribution < -0.4 is 20.3 Å². The Bertz CT molecular complexity index is 760. The van der Waals surface area contributed by atoms with Crippen molar-refractivity contribution in [2.24, 2.45) is 0 Å². The first-order chi connectivity index (χ1) is 13.8. The maximum absolute atomic E-state index is 12.1. The lowest BCUT2D eigenvalue weighted by Crippen LogP contribution is -2.40. The molecule has 1 unspecified atom stereocenters. The molecule has 2 amide bonds. The average Bonchev–Trinajstić information content (AvgIpc) is 2.95. The van der Waals surface area contributed by atoms with Gasteiger partial charge in [0.15, 0.2) is 0 Å². The lowest BCUT2D eigenvalue weighted by Gasteiger charge is -2.21. The normalized spacial score (nSPS) is 18.7. The van der Waals surface area contributed by atoms with Crippen molar-refractivity contribution >= 4 is 11.8 Å². The van der Waals surface area contributed by atoms with Crippen LogP contribution >= 0.6 is 0 Å². The Morgan fingerprint density at radius 3 is 2.64 bits per heavy atom. The Balaban J connectivity index is 1.19. The minimum absolute atomic E-state index is 0.00211. The lowest BCUT2D eigenvalue weighted by atomic mass is 10.1. The predicted molar refractivity (Wildman–Crippen MR) is 110 cm³/mol. The third-order valence-corrected chi connectivity index (χ3v) is 5.40. The summed E-state index contributed by atoms with van der Waals surface area (Å²) in [6.07, 6.45) is 7.78. The Labute approximate surface area is 166 Å². The summed E-state index contributed by atoms with van der Waals surface area (Å²) in [5, 5.41) is 5.79. The fourth-order valence-electron chi connectivity index (χ4n) is 3.83. The number of anilines is 1. The van der Waals surface area contributed by atoms with Crippen LogP contribution in [-0.2, 0) is 13.0 Å². The number of pyridine rings is 1. The molecular formula is C22H28N4O2. The SMILES string of the molecule is O=C(NCc1ccc(N2CCCCCC2)nc1)NCC1Cc2ccccc2O1. The smallest absolute Gasteiger partial charge is 0.315 e. The van der Waals surface area contributed by atoms with Crippen molar-refractivity contribution in [3.63, 3.8) is 0 Å². The van der Waals surface area contributed by atoms with Crippen LogP contribution in [0.3, 0.4) is 0 Å². The van der Waals surface area contributed by atoms with Gasteiger partial charge < -0.3 is 20.3 Å². The molecule has 0 radical (unpaired) electrons. The van der Waals surface area contributed by atoms with Crippen LogP contribution in [0, 0.1) is 0 Å². The molecule has 1 saturated heterocycles. The van der Waals surface area contributed by atoms with Crippen molar-refractivity contribution in [2.75, 3.05) is 24.5 Å². The molecule has 0 spiro atoms. The van der Waals surface area contributed by atoms with E-state index in [0.29, 0.717) is 13.1 Å². The highest BCUT2D eigenvalue weighted by molar-refractivity contribution is 5.73. The van der Waals surface area contributed by atoms with E-state index in [0.717, 1.165) is 36.6 Å². The number of carbonyl (C=O) groups is 1. The first-order valence-electron chi connectivity index (χ1n) is 10.2. The Kier molecular flexibility index (Phi) is 5.95. The molecule has 2 aliphatic heterocycles. The first kappa shape index (κ1) is 18.6. The van der Waals surface area contributed by atoms with E-state index >= 15 is 0 Å². The maximum Gasteiger partial charge on any atom is 0.315 e. The second-order valence-corrected chi connectivity index (χ2v) is 7.54. The third-order valence-electron chi connectivity index (χ3n) is 5.40. The molecule has 1 fully saturated rings. The van der Waals surface area contributed by atoms with Crippen LogP contribution in [0.5, 0.6) is 5.75 Å². The highest BCUT2D eigenvalue weighted by Gasteiger charge is 2.22. The molecule has 0 bridgehead atoms. The van der Waals surface area contributed by atoms with Crippen molar-refractivity contribution in [3.8, 4) is 5.75 Å². The fourth-order valence-corrected chi connectivity index (χ4v) is 3.83. The largest absolute Gasteiger partial charge is 0.488 e. The summed E-state index contributed by atoms with van der Waals surface area (Å²) in [7, 11) is 0. The Morgan fingerprint density at radius 1 is 1.07 bits per heavy atom. The number of nitrogens with one attached hydrogen (secondary N) is 2. The van der Waals surface area contributed by atoms with Gasteiger partial charge in [0.2, 0.25) is 0 Å². The standard InChI is InChI=1S/C22H28N4O2/c27-22(25-16-19-13-18-7-3-4-8-20(18)28-19)24-15-17-9-10-21(23-14-17)26-11-5-1-2-6-12-26/h3-4,7-10,14,19H,1-2,5-6,11-13,15-16H2,(H2,24,25,27). The molecule has 2 N–H and O–H groups in total. The molecule has 2 aliphatic rings. The second kappa shape index (κ2) is 8.95. The van der Waals surface area contributed by atoms with Gasteiger partial charge in [0.1, 0.15) is 17.7 Å². The number of nitrogens with zero attached hydrogens (tertiary/aromatic N) is 2. The van der Waals surface area contributed by atoms with Crippen LogP contribution in [0.4, 0.5) is 10.6 Å². The molecule has 0 saturated carbocycles. The fraction of sp³-hybridized carbons (Fsp3) is 0.455. The summed E-state index contributed by atoms with van der Waals surface area (Å²) >= 11 is 0. The summed E-state index contributed by atoms with van der Waals surface area (Å²) in [4.78, 5) is 19.0. The quantitative estimate of drug-likeness (QED) is 0.836. The van der Waals surface area contributed by atoms with E-state index in [9.17, 15) is 4.79 Å². The number of carbonyl (C=O) groups excluding carboxylic acids is 1. The highest BCUT2D eigenvalue weighted by atomic mass is 16.5. The number of rotatable bonds is 5. The molecule has 0 aliphatic carbocycles. The van der Waals surface area contributed by atoms with Gasteiger partial charge in [-0.3, -0.25) is 0 Å². The summed E-state index contributed by atoms with van der Waals surface area (Å²) in [5.74, 6) is 1.96. The number of hydrogen-bond acceptors (Lipinski definition) is 4. The number of hydrogen-bond donors (Lipinski definition) is 2. The van der Waals surface area contributed by atoms with Gasteiger partial charge in [-0.1, -0.05) is 37.1 Å².